The summed E-state index contributed by atoms with van der Waals surface area (Å²) in [5.41, 5.74) is 0.317. The number of rotatable bonds is 4. The van der Waals surface area contributed by atoms with Crippen LogP contribution < -0.4 is 5.32 Å². The van der Waals surface area contributed by atoms with Crippen molar-refractivity contribution in [2.24, 2.45) is 5.92 Å². The molecule has 2 unspecified atom stereocenters. The molecule has 2 atom stereocenters. The van der Waals surface area contributed by atoms with E-state index in [-0.39, 0.29) is 17.6 Å². The number of benzene rings is 1. The molecule has 18 heavy (non-hydrogen) atoms. The second-order valence-electron chi connectivity index (χ2n) is 5.62. The van der Waals surface area contributed by atoms with Gasteiger partial charge in [-0.2, -0.15) is 0 Å². The van der Waals surface area contributed by atoms with Gasteiger partial charge < -0.3 is 5.32 Å². The molecule has 1 nitrogen and oxygen atoms in total. The highest BCUT2D eigenvalue weighted by atomic mass is 19.1. The lowest BCUT2D eigenvalue weighted by atomic mass is 9.88. The Kier molecular flexibility index (Phi) is 3.33. The van der Waals surface area contributed by atoms with Gasteiger partial charge in [-0.15, -0.1) is 0 Å². The summed E-state index contributed by atoms with van der Waals surface area (Å²) in [7, 11) is 0. The van der Waals surface area contributed by atoms with E-state index in [9.17, 15) is 8.78 Å². The van der Waals surface area contributed by atoms with Gasteiger partial charge in [0.05, 0.1) is 0 Å². The average molecular weight is 251 g/mol. The standard InChI is InChI=1S/C15H19F2N/c16-13-5-2-6-14(17)15(13)12-4-1-3-10(12)9-18-11-7-8-11/h2,5-6,10-12,18H,1,3-4,7-9H2. The lowest BCUT2D eigenvalue weighted by Crippen LogP contribution is -2.26. The van der Waals surface area contributed by atoms with E-state index in [1.807, 2.05) is 0 Å². The third-order valence-electron chi connectivity index (χ3n) is 4.28. The van der Waals surface area contributed by atoms with Gasteiger partial charge >= 0.3 is 0 Å². The molecular formula is C15H19F2N. The van der Waals surface area contributed by atoms with Gasteiger partial charge in [0, 0.05) is 11.6 Å². The predicted molar refractivity (Wildman–Crippen MR) is 67.5 cm³/mol. The highest BCUT2D eigenvalue weighted by Crippen LogP contribution is 2.41. The summed E-state index contributed by atoms with van der Waals surface area (Å²) >= 11 is 0. The Bertz CT molecular complexity index is 408. The van der Waals surface area contributed by atoms with Crippen LogP contribution in [0.5, 0.6) is 0 Å². The monoisotopic (exact) mass is 251 g/mol. The Hall–Kier alpha value is -0.960. The van der Waals surface area contributed by atoms with Gasteiger partial charge in [0.15, 0.2) is 0 Å². The zero-order chi connectivity index (χ0) is 12.5. The SMILES string of the molecule is Fc1cccc(F)c1C1CCCC1CNC1CC1. The van der Waals surface area contributed by atoms with E-state index in [0.29, 0.717) is 17.5 Å². The second kappa shape index (κ2) is 4.96. The zero-order valence-corrected chi connectivity index (χ0v) is 10.5. The van der Waals surface area contributed by atoms with Gasteiger partial charge in [-0.25, -0.2) is 8.78 Å². The van der Waals surface area contributed by atoms with E-state index in [2.05, 4.69) is 5.32 Å². The normalized spacial score (nSPS) is 27.7. The van der Waals surface area contributed by atoms with E-state index in [1.54, 1.807) is 0 Å². The highest BCUT2D eigenvalue weighted by Gasteiger charge is 2.33. The zero-order valence-electron chi connectivity index (χ0n) is 10.5. The Labute approximate surface area is 107 Å². The molecule has 0 spiro atoms. The van der Waals surface area contributed by atoms with Crippen molar-refractivity contribution in [2.75, 3.05) is 6.54 Å². The summed E-state index contributed by atoms with van der Waals surface area (Å²) in [5.74, 6) is -0.314. The fourth-order valence-electron chi connectivity index (χ4n) is 3.13. The van der Waals surface area contributed by atoms with Gasteiger partial charge in [-0.05, 0) is 56.2 Å². The molecular weight excluding hydrogens is 232 g/mol. The van der Waals surface area contributed by atoms with E-state index in [0.717, 1.165) is 25.8 Å². The molecule has 3 heteroatoms. The molecule has 2 aliphatic carbocycles. The van der Waals surface area contributed by atoms with Crippen LogP contribution >= 0.6 is 0 Å². The molecule has 0 saturated heterocycles. The largest absolute Gasteiger partial charge is 0.314 e. The molecule has 1 aromatic carbocycles. The van der Waals surface area contributed by atoms with Crippen LogP contribution in [0, 0.1) is 17.6 Å². The number of halogens is 2. The van der Waals surface area contributed by atoms with Gasteiger partial charge in [0.2, 0.25) is 0 Å². The highest BCUT2D eigenvalue weighted by molar-refractivity contribution is 5.25. The van der Waals surface area contributed by atoms with Gasteiger partial charge in [0.1, 0.15) is 11.6 Å². The summed E-state index contributed by atoms with van der Waals surface area (Å²) in [6.07, 6.45) is 5.58. The Morgan fingerprint density at radius 1 is 1.06 bits per heavy atom. The van der Waals surface area contributed by atoms with Crippen molar-refractivity contribution in [1.29, 1.82) is 0 Å². The van der Waals surface area contributed by atoms with Crippen LogP contribution in [0.1, 0.15) is 43.6 Å². The van der Waals surface area contributed by atoms with Crippen LogP contribution in [0.15, 0.2) is 18.2 Å². The van der Waals surface area contributed by atoms with Crippen molar-refractivity contribution >= 4 is 0 Å². The molecule has 0 radical (unpaired) electrons. The molecule has 2 saturated carbocycles. The summed E-state index contributed by atoms with van der Waals surface area (Å²) in [6.45, 7) is 0.906. The number of nitrogens with one attached hydrogen (secondary N) is 1. The minimum atomic E-state index is -0.377. The second-order valence-corrected chi connectivity index (χ2v) is 5.62. The van der Waals surface area contributed by atoms with Gasteiger partial charge in [0.25, 0.3) is 0 Å². The Balaban J connectivity index is 1.76. The lowest BCUT2D eigenvalue weighted by molar-refractivity contribution is 0.416. The molecule has 1 N–H and O–H groups in total. The minimum absolute atomic E-state index is 0.0532. The van der Waals surface area contributed by atoms with Crippen molar-refractivity contribution in [3.63, 3.8) is 0 Å². The molecule has 0 heterocycles. The first-order valence-electron chi connectivity index (χ1n) is 6.93. The summed E-state index contributed by atoms with van der Waals surface area (Å²) < 4.78 is 27.7. The molecule has 2 aliphatic rings. The maximum Gasteiger partial charge on any atom is 0.129 e. The summed E-state index contributed by atoms with van der Waals surface area (Å²) in [4.78, 5) is 0. The Morgan fingerprint density at radius 3 is 2.44 bits per heavy atom. The van der Waals surface area contributed by atoms with Crippen LogP contribution in [0.4, 0.5) is 8.78 Å². The van der Waals surface area contributed by atoms with Crippen LogP contribution in [-0.4, -0.2) is 12.6 Å². The number of hydrogen-bond donors (Lipinski definition) is 1. The van der Waals surface area contributed by atoms with E-state index in [4.69, 9.17) is 0 Å². The first-order valence-corrected chi connectivity index (χ1v) is 6.93. The maximum atomic E-state index is 13.8. The van der Waals surface area contributed by atoms with Crippen molar-refractivity contribution in [2.45, 2.75) is 44.1 Å². The molecule has 0 aromatic heterocycles. The smallest absolute Gasteiger partial charge is 0.129 e. The fraction of sp³-hybridized carbons (Fsp3) is 0.600. The molecule has 0 amide bonds. The summed E-state index contributed by atoms with van der Waals surface area (Å²) in [5, 5.41) is 3.49. The van der Waals surface area contributed by atoms with Crippen molar-refractivity contribution in [3.8, 4) is 0 Å². The quantitative estimate of drug-likeness (QED) is 0.862. The van der Waals surface area contributed by atoms with Crippen LogP contribution in [0.3, 0.4) is 0 Å². The topological polar surface area (TPSA) is 12.0 Å². The molecule has 0 aliphatic heterocycles. The van der Waals surface area contributed by atoms with Gasteiger partial charge in [-0.1, -0.05) is 12.5 Å². The van der Waals surface area contributed by atoms with Crippen molar-refractivity contribution < 1.29 is 8.78 Å². The minimum Gasteiger partial charge on any atom is -0.314 e. The van der Waals surface area contributed by atoms with E-state index >= 15 is 0 Å². The van der Waals surface area contributed by atoms with Crippen LogP contribution in [0.2, 0.25) is 0 Å². The molecule has 2 fully saturated rings. The predicted octanol–water partition coefficient (Wildman–Crippen LogP) is 3.60. The van der Waals surface area contributed by atoms with E-state index in [1.165, 1.54) is 31.0 Å². The van der Waals surface area contributed by atoms with E-state index < -0.39 is 0 Å². The maximum absolute atomic E-state index is 13.8. The third kappa shape index (κ3) is 2.41. The first kappa shape index (κ1) is 12.1. The third-order valence-corrected chi connectivity index (χ3v) is 4.28. The summed E-state index contributed by atoms with van der Waals surface area (Å²) in [6, 6.07) is 4.86. The average Bonchev–Trinajstić information content (AvgIpc) is 3.06. The fourth-order valence-corrected chi connectivity index (χ4v) is 3.13. The molecule has 98 valence electrons. The van der Waals surface area contributed by atoms with Crippen LogP contribution in [-0.2, 0) is 0 Å². The number of hydrogen-bond acceptors (Lipinski definition) is 1. The molecule has 0 bridgehead atoms. The lowest BCUT2D eigenvalue weighted by Gasteiger charge is -2.21. The van der Waals surface area contributed by atoms with Gasteiger partial charge in [-0.3, -0.25) is 0 Å². The Morgan fingerprint density at radius 2 is 1.78 bits per heavy atom. The molecule has 3 rings (SSSR count). The van der Waals surface area contributed by atoms with Crippen molar-refractivity contribution in [3.05, 3.63) is 35.4 Å². The van der Waals surface area contributed by atoms with Crippen molar-refractivity contribution in [1.82, 2.24) is 5.32 Å². The van der Waals surface area contributed by atoms with Crippen LogP contribution in [0.25, 0.3) is 0 Å². The first-order chi connectivity index (χ1) is 8.75. The molecule has 1 aromatic rings.